The first-order valence-electron chi connectivity index (χ1n) is 7.28. The van der Waals surface area contributed by atoms with Crippen molar-refractivity contribution in [3.8, 4) is 5.75 Å². The fourth-order valence-corrected chi connectivity index (χ4v) is 3.01. The maximum atomic E-state index is 12.3. The molecule has 0 spiro atoms. The molecule has 0 unspecified atom stereocenters. The van der Waals surface area contributed by atoms with Crippen molar-refractivity contribution in [2.75, 3.05) is 24.0 Å². The predicted octanol–water partition coefficient (Wildman–Crippen LogP) is 2.31. The van der Waals surface area contributed by atoms with Gasteiger partial charge >= 0.3 is 0 Å². The third-order valence-corrected chi connectivity index (χ3v) is 4.41. The maximum absolute atomic E-state index is 12.3. The molecule has 0 bridgehead atoms. The number of amides is 2. The van der Waals surface area contributed by atoms with E-state index in [9.17, 15) is 18.0 Å². The molecule has 0 saturated carbocycles. The summed E-state index contributed by atoms with van der Waals surface area (Å²) in [7, 11) is -2.18. The average molecular weight is 362 g/mol. The molecule has 0 aliphatic carbocycles. The van der Waals surface area contributed by atoms with E-state index in [1.165, 1.54) is 32.2 Å². The van der Waals surface area contributed by atoms with E-state index in [-0.39, 0.29) is 22.1 Å². The molecule has 0 heterocycles. The zero-order valence-electron chi connectivity index (χ0n) is 14.0. The molecule has 8 heteroatoms. The topological polar surface area (TPSA) is 102 Å². The van der Waals surface area contributed by atoms with Gasteiger partial charge in [-0.05, 0) is 42.5 Å². The molecule has 0 fully saturated rings. The first kappa shape index (κ1) is 18.5. The summed E-state index contributed by atoms with van der Waals surface area (Å²) in [5.41, 5.74) is 1.30. The van der Waals surface area contributed by atoms with E-state index in [4.69, 9.17) is 4.74 Å². The molecule has 7 nitrogen and oxygen atoms in total. The summed E-state index contributed by atoms with van der Waals surface area (Å²) in [5.74, 6) is -0.470. The van der Waals surface area contributed by atoms with Crippen LogP contribution in [-0.4, -0.2) is 33.6 Å². The third-order valence-electron chi connectivity index (χ3n) is 3.29. The van der Waals surface area contributed by atoms with Crippen LogP contribution in [-0.2, 0) is 14.6 Å². The Morgan fingerprint density at radius 3 is 2.00 bits per heavy atom. The van der Waals surface area contributed by atoms with Crippen molar-refractivity contribution in [3.63, 3.8) is 0 Å². The summed E-state index contributed by atoms with van der Waals surface area (Å²) in [6.07, 6.45) is 1.05. The summed E-state index contributed by atoms with van der Waals surface area (Å²) >= 11 is 0. The fourth-order valence-electron chi connectivity index (χ4n) is 2.15. The van der Waals surface area contributed by atoms with Gasteiger partial charge < -0.3 is 15.4 Å². The first-order valence-corrected chi connectivity index (χ1v) is 9.17. The van der Waals surface area contributed by atoms with Gasteiger partial charge in [0.25, 0.3) is 5.91 Å². The van der Waals surface area contributed by atoms with Crippen molar-refractivity contribution < 1.29 is 22.7 Å². The lowest BCUT2D eigenvalue weighted by atomic mass is 10.2. The Bertz CT molecular complexity index is 905. The molecule has 0 atom stereocenters. The van der Waals surface area contributed by atoms with E-state index in [0.717, 1.165) is 6.26 Å². The summed E-state index contributed by atoms with van der Waals surface area (Å²) in [4.78, 5) is 23.3. The van der Waals surface area contributed by atoms with Crippen molar-refractivity contribution in [1.29, 1.82) is 0 Å². The highest BCUT2D eigenvalue weighted by Gasteiger charge is 2.17. The Morgan fingerprint density at radius 1 is 0.960 bits per heavy atom. The van der Waals surface area contributed by atoms with Crippen LogP contribution in [0, 0.1) is 0 Å². The molecule has 2 aromatic carbocycles. The quantitative estimate of drug-likeness (QED) is 0.850. The maximum Gasteiger partial charge on any atom is 0.255 e. The molecule has 0 saturated heterocycles. The Labute approximate surface area is 145 Å². The van der Waals surface area contributed by atoms with Gasteiger partial charge in [0.05, 0.1) is 7.11 Å². The molecule has 0 radical (unpaired) electrons. The molecule has 0 aliphatic heterocycles. The Hall–Kier alpha value is -2.87. The molecule has 2 rings (SSSR count). The second kappa shape index (κ2) is 7.35. The lowest BCUT2D eigenvalue weighted by Gasteiger charge is -2.10. The number of rotatable bonds is 5. The zero-order valence-corrected chi connectivity index (χ0v) is 14.8. The monoisotopic (exact) mass is 362 g/mol. The zero-order chi connectivity index (χ0) is 18.6. The lowest BCUT2D eigenvalue weighted by Crippen LogP contribution is -2.13. The van der Waals surface area contributed by atoms with Crippen LogP contribution in [0.4, 0.5) is 11.4 Å². The lowest BCUT2D eigenvalue weighted by molar-refractivity contribution is -0.114. The van der Waals surface area contributed by atoms with Crippen LogP contribution in [0.15, 0.2) is 47.4 Å². The van der Waals surface area contributed by atoms with Crippen LogP contribution in [0.25, 0.3) is 0 Å². The van der Waals surface area contributed by atoms with Crippen molar-refractivity contribution in [2.24, 2.45) is 0 Å². The van der Waals surface area contributed by atoms with Crippen LogP contribution in [0.3, 0.4) is 0 Å². The average Bonchev–Trinajstić information content (AvgIpc) is 2.54. The highest BCUT2D eigenvalue weighted by molar-refractivity contribution is 7.90. The fraction of sp³-hybridized carbons (Fsp3) is 0.176. The van der Waals surface area contributed by atoms with Crippen LogP contribution in [0.2, 0.25) is 0 Å². The van der Waals surface area contributed by atoms with E-state index in [2.05, 4.69) is 10.6 Å². The Kier molecular flexibility index (Phi) is 5.43. The Morgan fingerprint density at radius 2 is 1.52 bits per heavy atom. The van der Waals surface area contributed by atoms with Gasteiger partial charge in [0.1, 0.15) is 10.6 Å². The van der Waals surface area contributed by atoms with Crippen LogP contribution >= 0.6 is 0 Å². The van der Waals surface area contributed by atoms with Crippen molar-refractivity contribution in [1.82, 2.24) is 0 Å². The molecule has 0 aliphatic rings. The number of methoxy groups -OCH3 is 1. The number of sulfone groups is 1. The van der Waals surface area contributed by atoms with Crippen LogP contribution < -0.4 is 15.4 Å². The van der Waals surface area contributed by atoms with Crippen LogP contribution in [0.5, 0.6) is 5.75 Å². The number of benzene rings is 2. The van der Waals surface area contributed by atoms with Gasteiger partial charge in [-0.25, -0.2) is 8.42 Å². The number of carbonyl (C=O) groups is 2. The number of hydrogen-bond donors (Lipinski definition) is 2. The van der Waals surface area contributed by atoms with E-state index < -0.39 is 15.7 Å². The minimum atomic E-state index is -3.54. The smallest absolute Gasteiger partial charge is 0.255 e. The highest BCUT2D eigenvalue weighted by Crippen LogP contribution is 2.25. The summed E-state index contributed by atoms with van der Waals surface area (Å²) in [6.45, 7) is 1.40. The van der Waals surface area contributed by atoms with Crippen molar-refractivity contribution >= 4 is 33.0 Å². The SMILES string of the molecule is COc1ccc(C(=O)Nc2ccc(NC(C)=O)cc2)cc1S(C)(=O)=O. The number of carbonyl (C=O) groups excluding carboxylic acids is 2. The predicted molar refractivity (Wildman–Crippen MR) is 94.8 cm³/mol. The number of anilines is 2. The molecular weight excluding hydrogens is 344 g/mol. The van der Waals surface area contributed by atoms with Gasteiger partial charge in [-0.1, -0.05) is 0 Å². The van der Waals surface area contributed by atoms with E-state index in [1.807, 2.05) is 0 Å². The van der Waals surface area contributed by atoms with Crippen LogP contribution in [0.1, 0.15) is 17.3 Å². The second-order valence-electron chi connectivity index (χ2n) is 5.35. The second-order valence-corrected chi connectivity index (χ2v) is 7.33. The van der Waals surface area contributed by atoms with Gasteiger partial charge in [-0.15, -0.1) is 0 Å². The summed E-state index contributed by atoms with van der Waals surface area (Å²) in [5, 5.41) is 5.29. The summed E-state index contributed by atoms with van der Waals surface area (Å²) in [6, 6.07) is 10.7. The standard InChI is InChI=1S/C17H18N2O5S/c1-11(20)18-13-5-7-14(8-6-13)19-17(21)12-4-9-15(24-2)16(10-12)25(3,22)23/h4-10H,1-3H3,(H,18,20)(H,19,21). The van der Waals surface area contributed by atoms with Gasteiger partial charge in [-0.3, -0.25) is 9.59 Å². The van der Waals surface area contributed by atoms with Gasteiger partial charge in [-0.2, -0.15) is 0 Å². The molecular formula is C17H18N2O5S. The Balaban J connectivity index is 2.22. The normalized spacial score (nSPS) is 10.8. The number of hydrogen-bond acceptors (Lipinski definition) is 5. The third kappa shape index (κ3) is 4.80. The van der Waals surface area contributed by atoms with Gasteiger partial charge in [0, 0.05) is 30.1 Å². The molecule has 0 aromatic heterocycles. The molecule has 2 aromatic rings. The van der Waals surface area contributed by atoms with E-state index in [0.29, 0.717) is 11.4 Å². The molecule has 132 valence electrons. The largest absolute Gasteiger partial charge is 0.495 e. The van der Waals surface area contributed by atoms with Crippen molar-refractivity contribution in [2.45, 2.75) is 11.8 Å². The first-order chi connectivity index (χ1) is 11.7. The van der Waals surface area contributed by atoms with Gasteiger partial charge in [0.2, 0.25) is 5.91 Å². The molecule has 25 heavy (non-hydrogen) atoms. The molecule has 2 N–H and O–H groups in total. The van der Waals surface area contributed by atoms with Gasteiger partial charge in [0.15, 0.2) is 9.84 Å². The van der Waals surface area contributed by atoms with Crippen molar-refractivity contribution in [3.05, 3.63) is 48.0 Å². The highest BCUT2D eigenvalue weighted by atomic mass is 32.2. The molecule has 2 amide bonds. The van der Waals surface area contributed by atoms with E-state index in [1.54, 1.807) is 24.3 Å². The van der Waals surface area contributed by atoms with E-state index >= 15 is 0 Å². The number of ether oxygens (including phenoxy) is 1. The number of nitrogens with one attached hydrogen (secondary N) is 2. The minimum Gasteiger partial charge on any atom is -0.495 e. The minimum absolute atomic E-state index is 0.0522. The summed E-state index contributed by atoms with van der Waals surface area (Å²) < 4.78 is 28.7.